The molecule has 1 N–H and O–H groups in total. The van der Waals surface area contributed by atoms with Gasteiger partial charge in [-0.15, -0.1) is 0 Å². The van der Waals surface area contributed by atoms with E-state index in [0.29, 0.717) is 36.1 Å². The quantitative estimate of drug-likeness (QED) is 0.563. The normalized spacial score (nSPS) is 18.0. The van der Waals surface area contributed by atoms with Gasteiger partial charge in [-0.2, -0.15) is 0 Å². The second-order valence-electron chi connectivity index (χ2n) is 6.93. The van der Waals surface area contributed by atoms with E-state index in [1.165, 1.54) is 6.07 Å². The van der Waals surface area contributed by atoms with Crippen molar-refractivity contribution in [1.82, 2.24) is 5.32 Å². The topological polar surface area (TPSA) is 60.0 Å². The molecule has 9 heteroatoms. The first-order chi connectivity index (χ1) is 14.9. The smallest absolute Gasteiger partial charge is 0.338 e. The molecule has 0 saturated carbocycles. The number of carbonyl (C=O) groups is 1. The Hall–Kier alpha value is -3.20. The Bertz CT molecular complexity index is 1090. The van der Waals surface area contributed by atoms with Crippen molar-refractivity contribution in [2.24, 2.45) is 0 Å². The predicted molar refractivity (Wildman–Crippen MR) is 114 cm³/mol. The SMILES string of the molecule is CCOC(=O)C1=C(C)N(c2ccc3c(c2)OCCO3)C(=S)NC1c1ccc(F)cc1F. The molecule has 0 saturated heterocycles. The summed E-state index contributed by atoms with van der Waals surface area (Å²) < 4.78 is 44.5. The summed E-state index contributed by atoms with van der Waals surface area (Å²) in [6, 6.07) is 7.56. The van der Waals surface area contributed by atoms with Crippen molar-refractivity contribution >= 4 is 29.0 Å². The van der Waals surface area contributed by atoms with E-state index < -0.39 is 23.6 Å². The molecule has 0 radical (unpaired) electrons. The summed E-state index contributed by atoms with van der Waals surface area (Å²) in [6.45, 7) is 4.41. The summed E-state index contributed by atoms with van der Waals surface area (Å²) in [5, 5.41) is 3.25. The number of fused-ring (bicyclic) bond motifs is 1. The minimum Gasteiger partial charge on any atom is -0.486 e. The summed E-state index contributed by atoms with van der Waals surface area (Å²) in [5.41, 5.74) is 1.37. The number of nitrogens with one attached hydrogen (secondary N) is 1. The maximum absolute atomic E-state index is 14.6. The van der Waals surface area contributed by atoms with E-state index in [9.17, 15) is 13.6 Å². The number of thiocarbonyl (C=S) groups is 1. The fourth-order valence-electron chi connectivity index (χ4n) is 3.67. The summed E-state index contributed by atoms with van der Waals surface area (Å²) in [6.07, 6.45) is 0. The number of allylic oxidation sites excluding steroid dienone is 1. The Labute approximate surface area is 183 Å². The Balaban J connectivity index is 1.82. The lowest BCUT2D eigenvalue weighted by atomic mass is 9.94. The van der Waals surface area contributed by atoms with Gasteiger partial charge in [0, 0.05) is 23.4 Å². The van der Waals surface area contributed by atoms with Crippen LogP contribution in [0.5, 0.6) is 11.5 Å². The van der Waals surface area contributed by atoms with Crippen LogP contribution >= 0.6 is 12.2 Å². The average molecular weight is 446 g/mol. The first-order valence-corrected chi connectivity index (χ1v) is 10.1. The van der Waals surface area contributed by atoms with Gasteiger partial charge < -0.3 is 19.5 Å². The summed E-state index contributed by atoms with van der Waals surface area (Å²) in [4.78, 5) is 14.5. The molecule has 2 aromatic rings. The lowest BCUT2D eigenvalue weighted by molar-refractivity contribution is -0.139. The van der Waals surface area contributed by atoms with E-state index in [0.717, 1.165) is 12.1 Å². The van der Waals surface area contributed by atoms with E-state index in [4.69, 9.17) is 26.4 Å². The minimum atomic E-state index is -0.930. The van der Waals surface area contributed by atoms with Crippen molar-refractivity contribution < 1.29 is 27.8 Å². The van der Waals surface area contributed by atoms with Gasteiger partial charge in [0.15, 0.2) is 16.6 Å². The fourth-order valence-corrected chi connectivity index (χ4v) is 4.03. The molecule has 6 nitrogen and oxygen atoms in total. The van der Waals surface area contributed by atoms with Crippen LogP contribution in [-0.4, -0.2) is 30.9 Å². The fraction of sp³-hybridized carbons (Fsp3) is 0.273. The van der Waals surface area contributed by atoms with Crippen LogP contribution in [0.1, 0.15) is 25.5 Å². The number of nitrogens with zero attached hydrogens (tertiary/aromatic N) is 1. The molecule has 0 bridgehead atoms. The van der Waals surface area contributed by atoms with Crippen molar-refractivity contribution in [2.45, 2.75) is 19.9 Å². The molecule has 1 atom stereocenters. The van der Waals surface area contributed by atoms with Gasteiger partial charge in [-0.25, -0.2) is 13.6 Å². The zero-order valence-electron chi connectivity index (χ0n) is 16.9. The van der Waals surface area contributed by atoms with Crippen LogP contribution in [0.2, 0.25) is 0 Å². The van der Waals surface area contributed by atoms with Gasteiger partial charge in [0.2, 0.25) is 0 Å². The molecule has 2 heterocycles. The van der Waals surface area contributed by atoms with Crippen LogP contribution in [0.25, 0.3) is 0 Å². The Morgan fingerprint density at radius 3 is 2.65 bits per heavy atom. The van der Waals surface area contributed by atoms with E-state index in [-0.39, 0.29) is 22.9 Å². The number of rotatable bonds is 4. The third-order valence-electron chi connectivity index (χ3n) is 5.04. The van der Waals surface area contributed by atoms with Gasteiger partial charge in [0.05, 0.1) is 23.9 Å². The van der Waals surface area contributed by atoms with Crippen molar-refractivity contribution in [3.05, 3.63) is 64.9 Å². The molecule has 4 rings (SSSR count). The van der Waals surface area contributed by atoms with Crippen LogP contribution in [0.15, 0.2) is 47.7 Å². The Morgan fingerprint density at radius 2 is 1.94 bits per heavy atom. The highest BCUT2D eigenvalue weighted by molar-refractivity contribution is 7.80. The first kappa shape index (κ1) is 21.0. The number of halogens is 2. The van der Waals surface area contributed by atoms with Gasteiger partial charge in [0.25, 0.3) is 0 Å². The molecule has 2 aliphatic heterocycles. The second-order valence-corrected chi connectivity index (χ2v) is 7.32. The average Bonchev–Trinajstić information content (AvgIpc) is 2.73. The highest BCUT2D eigenvalue weighted by Crippen LogP contribution is 2.39. The van der Waals surface area contributed by atoms with Crippen LogP contribution < -0.4 is 19.7 Å². The van der Waals surface area contributed by atoms with Crippen LogP contribution in [-0.2, 0) is 9.53 Å². The van der Waals surface area contributed by atoms with Crippen molar-refractivity contribution in [3.63, 3.8) is 0 Å². The molecular weight excluding hydrogens is 426 g/mol. The first-order valence-electron chi connectivity index (χ1n) is 9.73. The molecule has 0 aliphatic carbocycles. The molecule has 0 fully saturated rings. The Kier molecular flexibility index (Phi) is 5.77. The molecule has 31 heavy (non-hydrogen) atoms. The summed E-state index contributed by atoms with van der Waals surface area (Å²) in [5.74, 6) is -0.946. The van der Waals surface area contributed by atoms with Gasteiger partial charge in [-0.05, 0) is 44.3 Å². The van der Waals surface area contributed by atoms with Crippen molar-refractivity contribution in [1.29, 1.82) is 0 Å². The van der Waals surface area contributed by atoms with E-state index >= 15 is 0 Å². The number of ether oxygens (including phenoxy) is 3. The molecule has 1 unspecified atom stereocenters. The number of hydrogen-bond acceptors (Lipinski definition) is 5. The maximum atomic E-state index is 14.6. The molecule has 162 valence electrons. The monoisotopic (exact) mass is 446 g/mol. The lowest BCUT2D eigenvalue weighted by Gasteiger charge is -2.37. The maximum Gasteiger partial charge on any atom is 0.338 e. The van der Waals surface area contributed by atoms with Gasteiger partial charge in [0.1, 0.15) is 24.8 Å². The molecule has 0 amide bonds. The summed E-state index contributed by atoms with van der Waals surface area (Å²) >= 11 is 5.55. The number of anilines is 1. The molecule has 2 aliphatic rings. The van der Waals surface area contributed by atoms with E-state index in [2.05, 4.69) is 5.32 Å². The van der Waals surface area contributed by atoms with Gasteiger partial charge in [-0.3, -0.25) is 4.90 Å². The number of hydrogen-bond donors (Lipinski definition) is 1. The van der Waals surface area contributed by atoms with Crippen LogP contribution in [0.4, 0.5) is 14.5 Å². The summed E-state index contributed by atoms with van der Waals surface area (Å²) in [7, 11) is 0. The molecule has 0 aromatic heterocycles. The standard InChI is InChI=1S/C22H20F2N2O4S/c1-3-28-21(27)19-12(2)26(14-5-7-17-18(11-14)30-9-8-29-17)22(31)25-20(19)15-6-4-13(23)10-16(15)24/h4-7,10-11,20H,3,8-9H2,1-2H3,(H,25,31). The second kappa shape index (κ2) is 8.50. The van der Waals surface area contributed by atoms with E-state index in [1.807, 2.05) is 0 Å². The van der Waals surface area contributed by atoms with Crippen LogP contribution in [0.3, 0.4) is 0 Å². The zero-order valence-corrected chi connectivity index (χ0v) is 17.7. The van der Waals surface area contributed by atoms with Crippen molar-refractivity contribution in [3.8, 4) is 11.5 Å². The highest BCUT2D eigenvalue weighted by atomic mass is 32.1. The number of esters is 1. The van der Waals surface area contributed by atoms with Gasteiger partial charge >= 0.3 is 5.97 Å². The van der Waals surface area contributed by atoms with Crippen LogP contribution in [0, 0.1) is 11.6 Å². The molecule has 2 aromatic carbocycles. The largest absolute Gasteiger partial charge is 0.486 e. The van der Waals surface area contributed by atoms with Gasteiger partial charge in [-0.1, -0.05) is 6.07 Å². The minimum absolute atomic E-state index is 0.0907. The molecular formula is C22H20F2N2O4S. The predicted octanol–water partition coefficient (Wildman–Crippen LogP) is 4.01. The number of benzene rings is 2. The third-order valence-corrected chi connectivity index (χ3v) is 5.34. The number of carbonyl (C=O) groups excluding carboxylic acids is 1. The lowest BCUT2D eigenvalue weighted by Crippen LogP contribution is -2.48. The Morgan fingerprint density at radius 1 is 1.19 bits per heavy atom. The molecule has 0 spiro atoms. The third kappa shape index (κ3) is 3.93. The highest BCUT2D eigenvalue weighted by Gasteiger charge is 2.37. The zero-order chi connectivity index (χ0) is 22.1. The van der Waals surface area contributed by atoms with E-state index in [1.54, 1.807) is 36.9 Å². The van der Waals surface area contributed by atoms with Crippen molar-refractivity contribution in [2.75, 3.05) is 24.7 Å².